The Bertz CT molecular complexity index is 2200. The summed E-state index contributed by atoms with van der Waals surface area (Å²) in [5.41, 5.74) is 13.1. The van der Waals surface area contributed by atoms with Crippen molar-refractivity contribution >= 4 is 39.0 Å². The molecule has 0 radical (unpaired) electrons. The monoisotopic (exact) mass is 666 g/mol. The van der Waals surface area contributed by atoms with Crippen molar-refractivity contribution in [2.75, 3.05) is 0 Å². The summed E-state index contributed by atoms with van der Waals surface area (Å²) in [6, 6.07) is 25.8. The van der Waals surface area contributed by atoms with Gasteiger partial charge in [-0.25, -0.2) is 0 Å². The van der Waals surface area contributed by atoms with Gasteiger partial charge in [0, 0.05) is 23.8 Å². The van der Waals surface area contributed by atoms with Gasteiger partial charge >= 0.3 is 0 Å². The van der Waals surface area contributed by atoms with E-state index in [1.807, 2.05) is 0 Å². The van der Waals surface area contributed by atoms with E-state index in [0.717, 1.165) is 41.7 Å². The third-order valence-electron chi connectivity index (χ3n) is 9.40. The number of nitrogens with zero attached hydrogens (tertiary/aromatic N) is 1. The highest BCUT2D eigenvalue weighted by atomic mass is 14.9. The van der Waals surface area contributed by atoms with Crippen molar-refractivity contribution in [3.05, 3.63) is 203 Å². The fourth-order valence-corrected chi connectivity index (χ4v) is 6.58. The fourth-order valence-electron chi connectivity index (χ4n) is 6.58. The quantitative estimate of drug-likeness (QED) is 0.0857. The predicted octanol–water partition coefficient (Wildman–Crippen LogP) is 13.5. The molecule has 0 aliphatic heterocycles. The zero-order chi connectivity index (χ0) is 36.2. The molecule has 2 heteroatoms. The predicted molar refractivity (Wildman–Crippen MR) is 226 cm³/mol. The molecule has 1 N–H and O–H groups in total. The molecule has 0 spiro atoms. The Morgan fingerprint density at radius 2 is 1.67 bits per heavy atom. The Kier molecular flexibility index (Phi) is 12.7. The number of nitrogens with one attached hydrogen (secondary N) is 1. The van der Waals surface area contributed by atoms with Gasteiger partial charge in [-0.15, -0.1) is 0 Å². The lowest BCUT2D eigenvalue weighted by Crippen LogP contribution is -2.13. The Labute approximate surface area is 305 Å². The first-order valence-electron chi connectivity index (χ1n) is 17.8. The van der Waals surface area contributed by atoms with Gasteiger partial charge in [0.2, 0.25) is 0 Å². The zero-order valence-electron chi connectivity index (χ0n) is 30.8. The van der Waals surface area contributed by atoms with Crippen LogP contribution in [0.15, 0.2) is 191 Å². The Hall–Kier alpha value is -5.73. The van der Waals surface area contributed by atoms with Gasteiger partial charge in [0.15, 0.2) is 0 Å². The van der Waals surface area contributed by atoms with Crippen molar-refractivity contribution in [2.24, 2.45) is 4.99 Å². The van der Waals surface area contributed by atoms with E-state index in [1.165, 1.54) is 60.7 Å². The molecule has 4 aromatic rings. The third-order valence-corrected chi connectivity index (χ3v) is 9.40. The highest BCUT2D eigenvalue weighted by Crippen LogP contribution is 2.39. The van der Waals surface area contributed by atoms with Crippen molar-refractivity contribution < 1.29 is 0 Å². The highest BCUT2D eigenvalue weighted by Gasteiger charge is 2.12. The summed E-state index contributed by atoms with van der Waals surface area (Å²) in [6.45, 7) is 19.7. The van der Waals surface area contributed by atoms with Gasteiger partial charge < -0.3 is 5.32 Å². The van der Waals surface area contributed by atoms with Crippen LogP contribution in [0.3, 0.4) is 0 Å². The lowest BCUT2D eigenvalue weighted by molar-refractivity contribution is 0.817. The van der Waals surface area contributed by atoms with E-state index in [9.17, 15) is 0 Å². The summed E-state index contributed by atoms with van der Waals surface area (Å²) in [5, 5.41) is 8.44. The SMILES string of the molecule is C=CC=Nc1c(C)c2ccccc2c2cc(/C(C)=C/C=C\C(=C)CC3=CC=CC(C(=C/C)/C=C(C)/C(=C/C)NCc4ccccc4)=CC3)ccc12. The van der Waals surface area contributed by atoms with Crippen LogP contribution in [0.1, 0.15) is 57.2 Å². The molecule has 256 valence electrons. The Morgan fingerprint density at radius 1 is 0.902 bits per heavy atom. The summed E-state index contributed by atoms with van der Waals surface area (Å²) in [6.07, 6.45) is 27.2. The summed E-state index contributed by atoms with van der Waals surface area (Å²) < 4.78 is 0. The second kappa shape index (κ2) is 17.8. The smallest absolute Gasteiger partial charge is 0.0743 e. The van der Waals surface area contributed by atoms with E-state index in [-0.39, 0.29) is 0 Å². The van der Waals surface area contributed by atoms with Crippen LogP contribution in [-0.4, -0.2) is 6.21 Å². The Balaban J connectivity index is 1.24. The number of aliphatic imine (C=N–C) groups is 1. The second-order valence-corrected chi connectivity index (χ2v) is 13.0. The van der Waals surface area contributed by atoms with Crippen LogP contribution in [0.25, 0.3) is 27.1 Å². The molecule has 1 aliphatic carbocycles. The van der Waals surface area contributed by atoms with Gasteiger partial charge in [-0.2, -0.15) is 0 Å². The van der Waals surface area contributed by atoms with E-state index >= 15 is 0 Å². The number of allylic oxidation sites excluding steroid dienone is 17. The molecule has 0 atom stereocenters. The van der Waals surface area contributed by atoms with Crippen LogP contribution >= 0.6 is 0 Å². The summed E-state index contributed by atoms with van der Waals surface area (Å²) in [4.78, 5) is 4.75. The maximum Gasteiger partial charge on any atom is 0.0743 e. The molecule has 0 aromatic heterocycles. The van der Waals surface area contributed by atoms with Gasteiger partial charge in [-0.3, -0.25) is 4.99 Å². The number of rotatable bonds is 13. The molecule has 0 fully saturated rings. The zero-order valence-corrected chi connectivity index (χ0v) is 30.8. The first-order chi connectivity index (χ1) is 24.8. The van der Waals surface area contributed by atoms with Crippen LogP contribution < -0.4 is 5.32 Å². The standard InChI is InChI=1S/C49H50N2/c1-8-30-50-49-38(7)44-24-14-15-25-45(44)47-33-43(28-29-46(47)49)36(5)19-16-18-35(4)31-39-22-17-23-42(27-26-39)41(9-2)32-37(6)48(10-3)51-34-40-20-12-11-13-21-40/h8-25,27-30,32-33,51H,1,4,26,31,34H2,2-3,5-7H3/b18-16-,36-19+,37-32+,41-9+,48-10-,50-30?. The van der Waals surface area contributed by atoms with Crippen LogP contribution in [-0.2, 0) is 6.54 Å². The molecule has 4 aromatic carbocycles. The number of fused-ring (bicyclic) bond motifs is 3. The van der Waals surface area contributed by atoms with Crippen molar-refractivity contribution in [2.45, 2.75) is 54.0 Å². The summed E-state index contributed by atoms with van der Waals surface area (Å²) >= 11 is 0. The molecule has 0 unspecified atom stereocenters. The molecule has 0 saturated carbocycles. The van der Waals surface area contributed by atoms with E-state index in [2.05, 4.69) is 187 Å². The first kappa shape index (κ1) is 36.5. The summed E-state index contributed by atoms with van der Waals surface area (Å²) in [7, 11) is 0. The van der Waals surface area contributed by atoms with Gasteiger partial charge in [0.1, 0.15) is 0 Å². The molecule has 1 aliphatic rings. The topological polar surface area (TPSA) is 24.4 Å². The molecule has 51 heavy (non-hydrogen) atoms. The van der Waals surface area contributed by atoms with Crippen molar-refractivity contribution in [3.8, 4) is 0 Å². The molecule has 0 amide bonds. The van der Waals surface area contributed by atoms with E-state index in [4.69, 9.17) is 4.99 Å². The molecule has 0 heterocycles. The summed E-state index contributed by atoms with van der Waals surface area (Å²) in [5.74, 6) is 0. The van der Waals surface area contributed by atoms with Gasteiger partial charge in [0.05, 0.1) is 5.69 Å². The minimum atomic E-state index is 0.800. The lowest BCUT2D eigenvalue weighted by Gasteiger charge is -2.13. The minimum Gasteiger partial charge on any atom is -0.381 e. The Morgan fingerprint density at radius 3 is 2.41 bits per heavy atom. The molecule has 0 saturated heterocycles. The van der Waals surface area contributed by atoms with Crippen LogP contribution in [0, 0.1) is 6.92 Å². The largest absolute Gasteiger partial charge is 0.381 e. The molecule has 0 bridgehead atoms. The molecular weight excluding hydrogens is 617 g/mol. The second-order valence-electron chi connectivity index (χ2n) is 13.0. The number of aryl methyl sites for hydroxylation is 1. The van der Waals surface area contributed by atoms with Crippen molar-refractivity contribution in [3.63, 3.8) is 0 Å². The lowest BCUT2D eigenvalue weighted by atomic mass is 9.93. The third kappa shape index (κ3) is 9.29. The van der Waals surface area contributed by atoms with Crippen LogP contribution in [0.2, 0.25) is 0 Å². The van der Waals surface area contributed by atoms with Crippen LogP contribution in [0.4, 0.5) is 5.69 Å². The average Bonchev–Trinajstić information content (AvgIpc) is 3.39. The fraction of sp³-hybridized carbons (Fsp3) is 0.163. The number of hydrogen-bond donors (Lipinski definition) is 1. The maximum atomic E-state index is 4.75. The molecular formula is C49H50N2. The molecule has 2 nitrogen and oxygen atoms in total. The average molecular weight is 667 g/mol. The maximum absolute atomic E-state index is 4.75. The van der Waals surface area contributed by atoms with Crippen molar-refractivity contribution in [1.82, 2.24) is 5.32 Å². The molecule has 5 rings (SSSR count). The van der Waals surface area contributed by atoms with E-state index in [0.29, 0.717) is 0 Å². The first-order valence-corrected chi connectivity index (χ1v) is 17.8. The number of benzene rings is 4. The van der Waals surface area contributed by atoms with Crippen molar-refractivity contribution in [1.29, 1.82) is 0 Å². The van der Waals surface area contributed by atoms with E-state index < -0.39 is 0 Å². The van der Waals surface area contributed by atoms with Gasteiger partial charge in [-0.1, -0.05) is 152 Å². The minimum absolute atomic E-state index is 0.800. The normalized spacial score (nSPS) is 14.7. The van der Waals surface area contributed by atoms with Gasteiger partial charge in [-0.05, 0) is 115 Å². The van der Waals surface area contributed by atoms with Crippen LogP contribution in [0.5, 0.6) is 0 Å². The highest BCUT2D eigenvalue weighted by molar-refractivity contribution is 6.15. The van der Waals surface area contributed by atoms with Gasteiger partial charge in [0.25, 0.3) is 0 Å². The van der Waals surface area contributed by atoms with E-state index in [1.54, 1.807) is 12.3 Å². The number of hydrogen-bond acceptors (Lipinski definition) is 2.